The molecule has 37 heavy (non-hydrogen) atoms. The lowest BCUT2D eigenvalue weighted by Crippen LogP contribution is -2.40. The highest BCUT2D eigenvalue weighted by atomic mass is 32.1. The quantitative estimate of drug-likeness (QED) is 0.440. The largest absolute Gasteiger partial charge is 0.493 e. The number of methoxy groups -OCH3 is 2. The van der Waals surface area contributed by atoms with Crippen LogP contribution in [0.25, 0.3) is 6.08 Å². The third kappa shape index (κ3) is 4.37. The maximum Gasteiger partial charge on any atom is 0.338 e. The summed E-state index contributed by atoms with van der Waals surface area (Å²) in [7, 11) is 2.86. The van der Waals surface area contributed by atoms with Crippen molar-refractivity contribution in [3.8, 4) is 23.0 Å². The third-order valence-electron chi connectivity index (χ3n) is 6.10. The smallest absolute Gasteiger partial charge is 0.338 e. The molecule has 0 saturated heterocycles. The first-order valence-corrected chi connectivity index (χ1v) is 12.6. The summed E-state index contributed by atoms with van der Waals surface area (Å²) >= 11 is 1.25. The number of thiazole rings is 1. The molecule has 0 aliphatic carbocycles. The lowest BCUT2D eigenvalue weighted by Gasteiger charge is -2.26. The molecule has 3 aromatic rings. The summed E-state index contributed by atoms with van der Waals surface area (Å²) in [5.41, 5.74) is 1.84. The van der Waals surface area contributed by atoms with Gasteiger partial charge in [-0.1, -0.05) is 36.5 Å². The van der Waals surface area contributed by atoms with Crippen molar-refractivity contribution in [2.24, 2.45) is 4.99 Å². The summed E-state index contributed by atoms with van der Waals surface area (Å²) in [6, 6.07) is 10.1. The number of hydrogen-bond acceptors (Lipinski definition) is 9. The van der Waals surface area contributed by atoms with Gasteiger partial charge >= 0.3 is 5.97 Å². The molecule has 0 unspecified atom stereocenters. The first kappa shape index (κ1) is 24.6. The van der Waals surface area contributed by atoms with Crippen LogP contribution in [-0.4, -0.2) is 38.2 Å². The summed E-state index contributed by atoms with van der Waals surface area (Å²) in [5, 5.41) is 0. The maximum atomic E-state index is 13.9. The van der Waals surface area contributed by atoms with Crippen molar-refractivity contribution in [2.75, 3.05) is 27.6 Å². The molecule has 0 amide bonds. The number of rotatable bonds is 7. The van der Waals surface area contributed by atoms with Crippen molar-refractivity contribution in [1.29, 1.82) is 0 Å². The minimum atomic E-state index is -0.815. The second-order valence-electron chi connectivity index (χ2n) is 8.41. The van der Waals surface area contributed by atoms with Gasteiger partial charge in [-0.3, -0.25) is 9.36 Å². The zero-order valence-corrected chi connectivity index (χ0v) is 21.7. The van der Waals surface area contributed by atoms with E-state index in [0.717, 1.165) is 12.0 Å². The van der Waals surface area contributed by atoms with Crippen LogP contribution in [0.2, 0.25) is 0 Å². The van der Waals surface area contributed by atoms with Crippen LogP contribution in [0.1, 0.15) is 37.4 Å². The van der Waals surface area contributed by atoms with Gasteiger partial charge in [0.05, 0.1) is 36.6 Å². The Hall–Kier alpha value is -4.05. The van der Waals surface area contributed by atoms with E-state index >= 15 is 0 Å². The third-order valence-corrected chi connectivity index (χ3v) is 7.08. The van der Waals surface area contributed by atoms with E-state index in [2.05, 4.69) is 4.99 Å². The van der Waals surface area contributed by atoms with Crippen LogP contribution in [0.5, 0.6) is 23.0 Å². The molecule has 10 heteroatoms. The molecule has 2 aromatic carbocycles. The Bertz CT molecular complexity index is 1580. The summed E-state index contributed by atoms with van der Waals surface area (Å²) in [6.07, 6.45) is 2.55. The average molecular weight is 523 g/mol. The summed E-state index contributed by atoms with van der Waals surface area (Å²) in [6.45, 7) is 4.34. The molecule has 2 aliphatic heterocycles. The molecule has 0 bridgehead atoms. The highest BCUT2D eigenvalue weighted by Crippen LogP contribution is 2.41. The first-order chi connectivity index (χ1) is 18.0. The molecule has 0 N–H and O–H groups in total. The van der Waals surface area contributed by atoms with Gasteiger partial charge in [0, 0.05) is 5.56 Å². The number of allylic oxidation sites excluding steroid dienone is 1. The fourth-order valence-electron chi connectivity index (χ4n) is 4.41. The SMILES string of the molecule is CCCOc1c(OC)cccc1[C@H]1C(C(=O)OC)=C(C)N=c2s/c(=C/c3ccc4c(c3)OCO4)c(=O)n21. The molecule has 192 valence electrons. The topological polar surface area (TPSA) is 97.6 Å². The van der Waals surface area contributed by atoms with Gasteiger partial charge in [-0.2, -0.15) is 0 Å². The Kier molecular flexibility index (Phi) is 6.75. The van der Waals surface area contributed by atoms with E-state index in [1.165, 1.54) is 23.0 Å². The van der Waals surface area contributed by atoms with E-state index in [1.54, 1.807) is 38.3 Å². The summed E-state index contributed by atoms with van der Waals surface area (Å²) in [4.78, 5) is 31.9. The number of hydrogen-bond donors (Lipinski definition) is 0. The normalized spacial score (nSPS) is 16.3. The van der Waals surface area contributed by atoms with E-state index in [9.17, 15) is 9.59 Å². The van der Waals surface area contributed by atoms with Crippen LogP contribution in [0.3, 0.4) is 0 Å². The maximum absolute atomic E-state index is 13.9. The van der Waals surface area contributed by atoms with Gasteiger partial charge in [0.2, 0.25) is 6.79 Å². The van der Waals surface area contributed by atoms with E-state index in [-0.39, 0.29) is 17.9 Å². The number of aromatic nitrogens is 1. The molecule has 0 radical (unpaired) electrons. The molecular weight excluding hydrogens is 496 g/mol. The number of para-hydroxylation sites is 1. The van der Waals surface area contributed by atoms with E-state index < -0.39 is 12.0 Å². The van der Waals surface area contributed by atoms with Gasteiger partial charge in [-0.05, 0) is 43.2 Å². The number of carbonyl (C=O) groups excluding carboxylic acids is 1. The zero-order valence-electron chi connectivity index (χ0n) is 20.9. The molecule has 0 saturated carbocycles. The molecule has 9 nitrogen and oxygen atoms in total. The number of carbonyl (C=O) groups is 1. The number of nitrogens with zero attached hydrogens (tertiary/aromatic N) is 2. The van der Waals surface area contributed by atoms with E-state index in [1.807, 2.05) is 25.1 Å². The van der Waals surface area contributed by atoms with Crippen molar-refractivity contribution in [3.63, 3.8) is 0 Å². The molecule has 5 rings (SSSR count). The van der Waals surface area contributed by atoms with Crippen LogP contribution in [0.4, 0.5) is 0 Å². The van der Waals surface area contributed by atoms with Crippen LogP contribution < -0.4 is 33.8 Å². The van der Waals surface area contributed by atoms with Crippen LogP contribution in [0.15, 0.2) is 57.5 Å². The Morgan fingerprint density at radius 1 is 1.22 bits per heavy atom. The highest BCUT2D eigenvalue weighted by Gasteiger charge is 2.35. The number of fused-ring (bicyclic) bond motifs is 2. The van der Waals surface area contributed by atoms with Crippen molar-refractivity contribution >= 4 is 23.4 Å². The predicted octanol–water partition coefficient (Wildman–Crippen LogP) is 2.93. The fraction of sp³-hybridized carbons (Fsp3) is 0.296. The minimum absolute atomic E-state index is 0.166. The minimum Gasteiger partial charge on any atom is -0.493 e. The molecule has 3 heterocycles. The van der Waals surface area contributed by atoms with Gasteiger partial charge in [-0.15, -0.1) is 0 Å². The fourth-order valence-corrected chi connectivity index (χ4v) is 5.46. The standard InChI is InChI=1S/C27H26N2O7S/c1-5-11-34-24-17(7-6-8-19(24)32-3)23-22(26(31)33-4)15(2)28-27-29(23)25(30)21(37-27)13-16-9-10-18-20(12-16)36-14-35-18/h6-10,12-13,23H,5,11,14H2,1-4H3/b21-13+/t23-/m0/s1. The molecule has 0 spiro atoms. The van der Waals surface area contributed by atoms with E-state index in [0.29, 0.717) is 50.2 Å². The number of esters is 1. The van der Waals surface area contributed by atoms with Gasteiger partial charge in [0.15, 0.2) is 27.8 Å². The van der Waals surface area contributed by atoms with Crippen LogP contribution in [0, 0.1) is 0 Å². The number of ether oxygens (including phenoxy) is 5. The Balaban J connectivity index is 1.73. The lowest BCUT2D eigenvalue weighted by atomic mass is 9.94. The van der Waals surface area contributed by atoms with Gasteiger partial charge in [-0.25, -0.2) is 9.79 Å². The monoisotopic (exact) mass is 522 g/mol. The van der Waals surface area contributed by atoms with Crippen LogP contribution >= 0.6 is 11.3 Å². The first-order valence-electron chi connectivity index (χ1n) is 11.8. The molecule has 2 aliphatic rings. The Morgan fingerprint density at radius 3 is 2.78 bits per heavy atom. The van der Waals surface area contributed by atoms with Gasteiger partial charge in [0.25, 0.3) is 5.56 Å². The van der Waals surface area contributed by atoms with Crippen LogP contribution in [-0.2, 0) is 9.53 Å². The number of benzene rings is 2. The van der Waals surface area contributed by atoms with Crippen molar-refractivity contribution in [3.05, 3.63) is 78.5 Å². The Labute approximate surface area is 216 Å². The van der Waals surface area contributed by atoms with E-state index in [4.69, 9.17) is 23.7 Å². The predicted molar refractivity (Wildman–Crippen MR) is 137 cm³/mol. The highest BCUT2D eigenvalue weighted by molar-refractivity contribution is 7.07. The molecule has 1 aromatic heterocycles. The van der Waals surface area contributed by atoms with Crippen molar-refractivity contribution in [1.82, 2.24) is 4.57 Å². The van der Waals surface area contributed by atoms with Crippen molar-refractivity contribution in [2.45, 2.75) is 26.3 Å². The second-order valence-corrected chi connectivity index (χ2v) is 9.42. The Morgan fingerprint density at radius 2 is 2.03 bits per heavy atom. The summed E-state index contributed by atoms with van der Waals surface area (Å²) in [5.74, 6) is 1.69. The molecular formula is C27H26N2O7S. The van der Waals surface area contributed by atoms with Gasteiger partial charge in [0.1, 0.15) is 6.04 Å². The lowest BCUT2D eigenvalue weighted by molar-refractivity contribution is -0.136. The molecule has 1 atom stereocenters. The van der Waals surface area contributed by atoms with Crippen molar-refractivity contribution < 1.29 is 28.5 Å². The zero-order chi connectivity index (χ0) is 26.1. The second kappa shape index (κ2) is 10.1. The average Bonchev–Trinajstić information content (AvgIpc) is 3.49. The summed E-state index contributed by atoms with van der Waals surface area (Å²) < 4.78 is 29.6. The molecule has 0 fully saturated rings. The van der Waals surface area contributed by atoms with Gasteiger partial charge < -0.3 is 23.7 Å².